The summed E-state index contributed by atoms with van der Waals surface area (Å²) in [5.74, 6) is -0.845. The molecule has 0 fully saturated rings. The number of rotatable bonds is 1. The van der Waals surface area contributed by atoms with E-state index in [0.717, 1.165) is 6.07 Å². The lowest BCUT2D eigenvalue weighted by molar-refractivity contribution is -0.387. The number of nitro groups is 1. The number of para-hydroxylation sites is 1. The molecule has 57 valence electrons. The standard InChI is InChI=1S/C7H5FNO2/c1-5-3-2-4-6(8)7(5)9(10)11/h2-4H,1H2. The monoisotopic (exact) mass is 154 g/mol. The average Bonchev–Trinajstić information content (AvgIpc) is 1.85. The second-order valence-electron chi connectivity index (χ2n) is 2.00. The van der Waals surface area contributed by atoms with Crippen LogP contribution >= 0.6 is 0 Å². The predicted molar refractivity (Wildman–Crippen MR) is 37.5 cm³/mol. The van der Waals surface area contributed by atoms with E-state index in [1.807, 2.05) is 0 Å². The predicted octanol–water partition coefficient (Wildman–Crippen LogP) is 1.92. The largest absolute Gasteiger partial charge is 0.307 e. The van der Waals surface area contributed by atoms with Gasteiger partial charge < -0.3 is 0 Å². The summed E-state index contributed by atoms with van der Waals surface area (Å²) in [6, 6.07) is 3.80. The van der Waals surface area contributed by atoms with Crippen molar-refractivity contribution < 1.29 is 9.31 Å². The maximum Gasteiger partial charge on any atom is 0.307 e. The number of benzene rings is 1. The van der Waals surface area contributed by atoms with Crippen molar-refractivity contribution in [1.29, 1.82) is 0 Å². The molecule has 0 saturated heterocycles. The first-order valence-corrected chi connectivity index (χ1v) is 2.88. The minimum atomic E-state index is -0.845. The Morgan fingerprint density at radius 3 is 2.55 bits per heavy atom. The first kappa shape index (κ1) is 7.65. The van der Waals surface area contributed by atoms with Gasteiger partial charge in [-0.05, 0) is 13.0 Å². The fourth-order valence-electron chi connectivity index (χ4n) is 0.764. The second-order valence-corrected chi connectivity index (χ2v) is 2.00. The van der Waals surface area contributed by atoms with Gasteiger partial charge in [0.2, 0.25) is 5.82 Å². The first-order chi connectivity index (χ1) is 5.13. The molecule has 0 spiro atoms. The van der Waals surface area contributed by atoms with Gasteiger partial charge in [-0.1, -0.05) is 12.1 Å². The van der Waals surface area contributed by atoms with Gasteiger partial charge in [-0.15, -0.1) is 0 Å². The van der Waals surface area contributed by atoms with Crippen LogP contribution in [0.2, 0.25) is 0 Å². The highest BCUT2D eigenvalue weighted by Gasteiger charge is 2.15. The molecule has 0 unspecified atom stereocenters. The normalized spacial score (nSPS) is 9.64. The van der Waals surface area contributed by atoms with Gasteiger partial charge in [0.15, 0.2) is 0 Å². The average molecular weight is 154 g/mol. The third kappa shape index (κ3) is 1.34. The highest BCUT2D eigenvalue weighted by atomic mass is 19.1. The molecular formula is C7H5FNO2. The zero-order chi connectivity index (χ0) is 8.43. The lowest BCUT2D eigenvalue weighted by Gasteiger charge is -1.95. The van der Waals surface area contributed by atoms with Crippen molar-refractivity contribution in [2.75, 3.05) is 0 Å². The van der Waals surface area contributed by atoms with Crippen LogP contribution in [0.3, 0.4) is 0 Å². The van der Waals surface area contributed by atoms with Crippen LogP contribution in [0, 0.1) is 22.9 Å². The molecule has 0 aliphatic carbocycles. The summed E-state index contributed by atoms with van der Waals surface area (Å²) in [5.41, 5.74) is -0.456. The van der Waals surface area contributed by atoms with Crippen molar-refractivity contribution in [2.45, 2.75) is 0 Å². The van der Waals surface area contributed by atoms with Crippen molar-refractivity contribution in [3.63, 3.8) is 0 Å². The third-order valence-corrected chi connectivity index (χ3v) is 1.25. The molecule has 0 aromatic heterocycles. The van der Waals surface area contributed by atoms with E-state index in [4.69, 9.17) is 0 Å². The third-order valence-electron chi connectivity index (χ3n) is 1.25. The second kappa shape index (κ2) is 2.65. The van der Waals surface area contributed by atoms with E-state index >= 15 is 0 Å². The van der Waals surface area contributed by atoms with Crippen LogP contribution < -0.4 is 0 Å². The molecule has 0 amide bonds. The van der Waals surface area contributed by atoms with Crippen molar-refractivity contribution in [2.24, 2.45) is 0 Å². The highest BCUT2D eigenvalue weighted by molar-refractivity contribution is 5.42. The molecule has 1 aromatic carbocycles. The van der Waals surface area contributed by atoms with Crippen LogP contribution in [0.4, 0.5) is 10.1 Å². The van der Waals surface area contributed by atoms with Crippen LogP contribution in [-0.2, 0) is 0 Å². The molecule has 0 N–H and O–H groups in total. The molecule has 11 heavy (non-hydrogen) atoms. The molecular weight excluding hydrogens is 149 g/mol. The van der Waals surface area contributed by atoms with E-state index in [-0.39, 0.29) is 5.56 Å². The Morgan fingerprint density at radius 2 is 2.18 bits per heavy atom. The zero-order valence-corrected chi connectivity index (χ0v) is 5.58. The van der Waals surface area contributed by atoms with Crippen LogP contribution in [-0.4, -0.2) is 4.92 Å². The SMILES string of the molecule is [CH2]c1cccc(F)c1[N+](=O)[O-]. The van der Waals surface area contributed by atoms with Crippen LogP contribution in [0.1, 0.15) is 5.56 Å². The molecule has 0 aliphatic rings. The van der Waals surface area contributed by atoms with E-state index < -0.39 is 16.4 Å². The highest BCUT2D eigenvalue weighted by Crippen LogP contribution is 2.20. The van der Waals surface area contributed by atoms with Gasteiger partial charge >= 0.3 is 5.69 Å². The summed E-state index contributed by atoms with van der Waals surface area (Å²) in [6.07, 6.45) is 0. The van der Waals surface area contributed by atoms with E-state index in [1.54, 1.807) is 0 Å². The van der Waals surface area contributed by atoms with Gasteiger partial charge in [-0.2, -0.15) is 4.39 Å². The lowest BCUT2D eigenvalue weighted by atomic mass is 10.2. The molecule has 0 bridgehead atoms. The fourth-order valence-corrected chi connectivity index (χ4v) is 0.764. The maximum absolute atomic E-state index is 12.6. The summed E-state index contributed by atoms with van der Waals surface area (Å²) in [4.78, 5) is 9.39. The smallest absolute Gasteiger partial charge is 0.258 e. The van der Waals surface area contributed by atoms with Crippen molar-refractivity contribution in [1.82, 2.24) is 0 Å². The van der Waals surface area contributed by atoms with Gasteiger partial charge in [-0.25, -0.2) is 0 Å². The summed E-state index contributed by atoms with van der Waals surface area (Å²) in [5, 5.41) is 10.2. The van der Waals surface area contributed by atoms with Gasteiger partial charge in [0.1, 0.15) is 0 Å². The van der Waals surface area contributed by atoms with Gasteiger partial charge in [0.05, 0.1) is 4.92 Å². The number of hydrogen-bond donors (Lipinski definition) is 0. The number of hydrogen-bond acceptors (Lipinski definition) is 2. The molecule has 4 heteroatoms. The maximum atomic E-state index is 12.6. The Labute approximate surface area is 62.6 Å². The quantitative estimate of drug-likeness (QED) is 0.458. The van der Waals surface area contributed by atoms with E-state index in [1.165, 1.54) is 12.1 Å². The summed E-state index contributed by atoms with van der Waals surface area (Å²) in [7, 11) is 0. The van der Waals surface area contributed by atoms with Crippen molar-refractivity contribution >= 4 is 5.69 Å². The van der Waals surface area contributed by atoms with Gasteiger partial charge in [0, 0.05) is 5.56 Å². The molecule has 0 saturated carbocycles. The van der Waals surface area contributed by atoms with Gasteiger partial charge in [-0.3, -0.25) is 10.1 Å². The molecule has 0 heterocycles. The number of nitro benzene ring substituents is 1. The Kier molecular flexibility index (Phi) is 1.85. The van der Waals surface area contributed by atoms with E-state index in [9.17, 15) is 14.5 Å². The first-order valence-electron chi connectivity index (χ1n) is 2.88. The molecule has 3 nitrogen and oxygen atoms in total. The van der Waals surface area contributed by atoms with E-state index in [2.05, 4.69) is 6.92 Å². The molecule has 1 rings (SSSR count). The number of nitrogens with zero attached hydrogens (tertiary/aromatic N) is 1. The van der Waals surface area contributed by atoms with Crippen molar-refractivity contribution in [3.05, 3.63) is 46.6 Å². The minimum absolute atomic E-state index is 0.0926. The van der Waals surface area contributed by atoms with Crippen LogP contribution in [0.5, 0.6) is 0 Å². The number of halogens is 1. The summed E-state index contributed by atoms with van der Waals surface area (Å²) >= 11 is 0. The molecule has 0 atom stereocenters. The molecule has 0 aliphatic heterocycles. The Bertz CT molecular complexity index is 278. The topological polar surface area (TPSA) is 43.1 Å². The van der Waals surface area contributed by atoms with E-state index in [0.29, 0.717) is 0 Å². The van der Waals surface area contributed by atoms with Crippen LogP contribution in [0.15, 0.2) is 18.2 Å². The Balaban J connectivity index is 3.32. The zero-order valence-electron chi connectivity index (χ0n) is 5.58. The Morgan fingerprint density at radius 1 is 1.55 bits per heavy atom. The minimum Gasteiger partial charge on any atom is -0.258 e. The Hall–Kier alpha value is -1.45. The van der Waals surface area contributed by atoms with Crippen LogP contribution in [0.25, 0.3) is 0 Å². The van der Waals surface area contributed by atoms with Crippen molar-refractivity contribution in [3.8, 4) is 0 Å². The fraction of sp³-hybridized carbons (Fsp3) is 0. The summed E-state index contributed by atoms with van der Waals surface area (Å²) in [6.45, 7) is 3.32. The molecule has 1 radical (unpaired) electrons. The van der Waals surface area contributed by atoms with Gasteiger partial charge in [0.25, 0.3) is 0 Å². The molecule has 1 aromatic rings. The lowest BCUT2D eigenvalue weighted by Crippen LogP contribution is -1.94. The summed E-state index contributed by atoms with van der Waals surface area (Å²) < 4.78 is 12.6.